The van der Waals surface area contributed by atoms with Crippen LogP contribution in [0.5, 0.6) is 0 Å². The number of rotatable bonds is 25. The van der Waals surface area contributed by atoms with Gasteiger partial charge >= 0.3 is 29.8 Å². The highest BCUT2D eigenvalue weighted by molar-refractivity contribution is 6.00. The monoisotopic (exact) mass is 1240 g/mol. The maximum atomic E-state index is 14.8. The highest BCUT2D eigenvalue weighted by atomic mass is 16.6. The molecule has 1 aromatic rings. The van der Waals surface area contributed by atoms with Crippen molar-refractivity contribution in [3.8, 4) is 0 Å². The van der Waals surface area contributed by atoms with Crippen LogP contribution in [-0.4, -0.2) is 153 Å². The van der Waals surface area contributed by atoms with Gasteiger partial charge in [-0.3, -0.25) is 24.0 Å². The van der Waals surface area contributed by atoms with E-state index >= 15 is 0 Å². The van der Waals surface area contributed by atoms with Crippen LogP contribution in [0, 0.1) is 16.2 Å². The van der Waals surface area contributed by atoms with Gasteiger partial charge in [-0.05, 0) is 219 Å². The van der Waals surface area contributed by atoms with Crippen molar-refractivity contribution in [2.45, 2.75) is 336 Å². The Morgan fingerprint density at radius 1 is 0.477 bits per heavy atom. The predicted octanol–water partition coefficient (Wildman–Crippen LogP) is 13.0. The van der Waals surface area contributed by atoms with E-state index in [1.54, 1.807) is 27.7 Å². The Balaban J connectivity index is 1.47. The van der Waals surface area contributed by atoms with Gasteiger partial charge in [0.1, 0.15) is 35.6 Å². The first-order valence-electron chi connectivity index (χ1n) is 32.4. The number of carbonyl (C=O) groups excluding carboxylic acids is 5. The molecule has 502 valence electrons. The van der Waals surface area contributed by atoms with E-state index in [-0.39, 0.29) is 18.6 Å². The van der Waals surface area contributed by atoms with Crippen LogP contribution >= 0.6 is 0 Å². The second kappa shape index (κ2) is 27.2. The number of hydrogen-bond donors (Lipinski definition) is 4. The summed E-state index contributed by atoms with van der Waals surface area (Å²) in [6, 6.07) is 6.17. The molecule has 4 saturated heterocycles. The zero-order chi connectivity index (χ0) is 67.0. The third-order valence-corrected chi connectivity index (χ3v) is 20.2. The van der Waals surface area contributed by atoms with Gasteiger partial charge in [0.25, 0.3) is 0 Å². The molecule has 19 heteroatoms. The summed E-state index contributed by atoms with van der Waals surface area (Å²) in [6.45, 7) is 43.2. The van der Waals surface area contributed by atoms with E-state index in [4.69, 9.17) is 28.4 Å². The fourth-order valence-electron chi connectivity index (χ4n) is 14.9. The van der Waals surface area contributed by atoms with Crippen molar-refractivity contribution >= 4 is 29.8 Å². The van der Waals surface area contributed by atoms with Crippen molar-refractivity contribution in [2.24, 2.45) is 16.2 Å². The molecule has 0 aliphatic carbocycles. The molecule has 0 bridgehead atoms. The second-order valence-corrected chi connectivity index (χ2v) is 32.4. The van der Waals surface area contributed by atoms with Crippen LogP contribution in [0.1, 0.15) is 258 Å². The van der Waals surface area contributed by atoms with Crippen molar-refractivity contribution in [3.05, 3.63) is 47.2 Å². The fourth-order valence-corrected chi connectivity index (χ4v) is 14.9. The van der Waals surface area contributed by atoms with E-state index in [9.17, 15) is 44.8 Å². The van der Waals surface area contributed by atoms with Gasteiger partial charge in [-0.25, -0.2) is 0 Å². The summed E-state index contributed by atoms with van der Waals surface area (Å²) in [5.74, 6) is -2.96. The molecule has 88 heavy (non-hydrogen) atoms. The summed E-state index contributed by atoms with van der Waals surface area (Å²) >= 11 is 0. The molecule has 4 fully saturated rings. The van der Waals surface area contributed by atoms with Crippen molar-refractivity contribution in [2.75, 3.05) is 7.11 Å². The van der Waals surface area contributed by atoms with E-state index in [2.05, 4.69) is 12.6 Å². The van der Waals surface area contributed by atoms with Gasteiger partial charge in [0, 0.05) is 95.7 Å². The Kier molecular flexibility index (Phi) is 23.0. The first kappa shape index (κ1) is 74.5. The lowest BCUT2D eigenvalue weighted by molar-refractivity contribution is -0.263. The Bertz CT molecular complexity index is 2530. The molecule has 3 atom stereocenters. The largest absolute Gasteiger partial charge is 0.501 e. The standard InChI is InChI=1S/C69H116N4O15/c1-24-45(2)84-55(75)68(21,56(76)86-51-39-61(8,9)71(80)62(10,11)40-51)35-26-29-48-32-31-47(36-49(48)30-27-33-67(20,46(3)83-23)54(74)85-50-37-59(4,5)70(79)60(6,7)38-50)28-25-34-69(22,57(77)87-52-41-63(12,13)72(81)64(14,15)42-52)58(78)88-53-43-65(16,17)73(82)66(18,19)44-53/h31-32,36,45,50-53,79-82H,3,24-30,33-35,37-44H2,1-2,4-23H3. The Morgan fingerprint density at radius 3 is 1.06 bits per heavy atom. The molecule has 0 saturated carbocycles. The number of aryl methyl sites for hydroxylation is 3. The summed E-state index contributed by atoms with van der Waals surface area (Å²) < 4.78 is 36.8. The third kappa shape index (κ3) is 16.9. The number of benzene rings is 1. The first-order chi connectivity index (χ1) is 40.1. The van der Waals surface area contributed by atoms with E-state index < -0.39 is 121 Å². The van der Waals surface area contributed by atoms with E-state index in [1.807, 2.05) is 130 Å². The minimum Gasteiger partial charge on any atom is -0.501 e. The molecule has 3 unspecified atom stereocenters. The molecular formula is C69H116N4O15. The zero-order valence-corrected chi connectivity index (χ0v) is 58.1. The summed E-state index contributed by atoms with van der Waals surface area (Å²) in [5, 5.41) is 49.5. The quantitative estimate of drug-likeness (QED) is 0.0308. The van der Waals surface area contributed by atoms with Crippen LogP contribution in [0.3, 0.4) is 0 Å². The molecule has 5 rings (SSSR count). The Labute approximate surface area is 527 Å². The molecule has 0 spiro atoms. The summed E-state index contributed by atoms with van der Waals surface area (Å²) in [6.07, 6.45) is 3.93. The number of methoxy groups -OCH3 is 1. The molecule has 0 amide bonds. The van der Waals surface area contributed by atoms with Gasteiger partial charge in [0.2, 0.25) is 0 Å². The summed E-state index contributed by atoms with van der Waals surface area (Å²) in [5.41, 5.74) is -7.42. The van der Waals surface area contributed by atoms with Crippen LogP contribution in [-0.2, 0) is 71.7 Å². The maximum Gasteiger partial charge on any atom is 0.323 e. The van der Waals surface area contributed by atoms with Gasteiger partial charge in [-0.15, -0.1) is 0 Å². The minimum absolute atomic E-state index is 0.0832. The average Bonchev–Trinajstić information content (AvgIpc) is 2.47. The van der Waals surface area contributed by atoms with Crippen LogP contribution in [0.4, 0.5) is 0 Å². The number of hydrogen-bond acceptors (Lipinski definition) is 19. The molecule has 0 radical (unpaired) electrons. The van der Waals surface area contributed by atoms with Crippen LogP contribution < -0.4 is 0 Å². The van der Waals surface area contributed by atoms with Crippen molar-refractivity contribution in [1.29, 1.82) is 0 Å². The fraction of sp³-hybridized carbons (Fsp3) is 0.812. The van der Waals surface area contributed by atoms with Crippen LogP contribution in [0.2, 0.25) is 0 Å². The summed E-state index contributed by atoms with van der Waals surface area (Å²) in [4.78, 5) is 72.8. The van der Waals surface area contributed by atoms with Crippen molar-refractivity contribution in [3.63, 3.8) is 0 Å². The molecule has 4 N–H and O–H groups in total. The molecule has 4 heterocycles. The van der Waals surface area contributed by atoms with Gasteiger partial charge in [0.15, 0.2) is 10.8 Å². The molecule has 0 aromatic heterocycles. The van der Waals surface area contributed by atoms with E-state index in [1.165, 1.54) is 27.4 Å². The minimum atomic E-state index is -1.73. The number of carbonyl (C=O) groups is 5. The SMILES string of the molecule is C=C(OC)C(C)(CCCc1cc(CCCC(C)(C(=O)OC2CC(C)(C)N(O)C(C)(C)C2)C(=O)OC2CC(C)(C)N(O)C(C)(C)C2)ccc1CCCC(C)(C(=O)OC(C)CC)C(=O)OC1CC(C)(C)N(O)C(C)(C)C1)C(=O)OC1CC(C)(C)N(O)C(C)(C)C1. The molecular weight excluding hydrogens is 1120 g/mol. The van der Waals surface area contributed by atoms with Gasteiger partial charge in [-0.1, -0.05) is 31.7 Å². The normalized spacial score (nSPS) is 24.2. The smallest absolute Gasteiger partial charge is 0.323 e. The number of esters is 5. The highest BCUT2D eigenvalue weighted by Crippen LogP contribution is 2.45. The number of hydroxylamine groups is 8. The van der Waals surface area contributed by atoms with Crippen molar-refractivity contribution in [1.82, 2.24) is 20.3 Å². The Morgan fingerprint density at radius 2 is 0.750 bits per heavy atom. The number of nitrogens with zero attached hydrogens (tertiary/aromatic N) is 4. The maximum absolute atomic E-state index is 14.8. The topological polar surface area (TPSA) is 235 Å². The second-order valence-electron chi connectivity index (χ2n) is 32.4. The van der Waals surface area contributed by atoms with Gasteiger partial charge < -0.3 is 49.3 Å². The highest BCUT2D eigenvalue weighted by Gasteiger charge is 2.55. The van der Waals surface area contributed by atoms with Gasteiger partial charge in [0.05, 0.1) is 13.2 Å². The summed E-state index contributed by atoms with van der Waals surface area (Å²) in [7, 11) is 1.49. The lowest BCUT2D eigenvalue weighted by atomic mass is 9.79. The van der Waals surface area contributed by atoms with E-state index in [0.29, 0.717) is 103 Å². The van der Waals surface area contributed by atoms with Crippen LogP contribution in [0.15, 0.2) is 30.5 Å². The van der Waals surface area contributed by atoms with Crippen molar-refractivity contribution < 1.29 is 73.2 Å². The van der Waals surface area contributed by atoms with Gasteiger partial charge in [-0.2, -0.15) is 20.3 Å². The van der Waals surface area contributed by atoms with Crippen LogP contribution in [0.25, 0.3) is 0 Å². The number of piperidine rings is 4. The predicted molar refractivity (Wildman–Crippen MR) is 335 cm³/mol. The zero-order valence-electron chi connectivity index (χ0n) is 58.1. The molecule has 4 aliphatic heterocycles. The third-order valence-electron chi connectivity index (χ3n) is 20.2. The lowest BCUT2D eigenvalue weighted by Gasteiger charge is -2.51. The van der Waals surface area contributed by atoms with E-state index in [0.717, 1.165) is 16.7 Å². The molecule has 19 nitrogen and oxygen atoms in total. The number of ether oxygens (including phenoxy) is 6. The lowest BCUT2D eigenvalue weighted by Crippen LogP contribution is -2.61. The first-order valence-corrected chi connectivity index (χ1v) is 32.4. The Hall–Kier alpha value is -4.21. The molecule has 1 aromatic carbocycles. The average molecular weight is 1240 g/mol. The molecule has 4 aliphatic rings.